The molecule has 0 aliphatic heterocycles. The largest absolute Gasteiger partial charge is 0.299 e. The van der Waals surface area contributed by atoms with Gasteiger partial charge in [-0.25, -0.2) is 0 Å². The van der Waals surface area contributed by atoms with Crippen molar-refractivity contribution in [2.24, 2.45) is 0 Å². The predicted molar refractivity (Wildman–Crippen MR) is 106 cm³/mol. The van der Waals surface area contributed by atoms with E-state index in [0.29, 0.717) is 18.0 Å². The zero-order valence-electron chi connectivity index (χ0n) is 15.8. The van der Waals surface area contributed by atoms with Gasteiger partial charge in [0, 0.05) is 18.0 Å². The summed E-state index contributed by atoms with van der Waals surface area (Å²) in [6.45, 7) is 10.4. The molecule has 2 aromatic carbocycles. The molecular formula is C23H33N. The van der Waals surface area contributed by atoms with Crippen molar-refractivity contribution in [2.45, 2.75) is 65.0 Å². The first kappa shape index (κ1) is 18.7. The first-order valence-electron chi connectivity index (χ1n) is 9.45. The summed E-state index contributed by atoms with van der Waals surface area (Å²) in [5.41, 5.74) is 2.88. The molecule has 130 valence electrons. The Hall–Kier alpha value is -1.60. The fraction of sp³-hybridized carbons (Fsp3) is 0.478. The molecule has 1 nitrogen and oxygen atoms in total. The molecule has 0 radical (unpaired) electrons. The lowest BCUT2D eigenvalue weighted by atomic mass is 9.87. The van der Waals surface area contributed by atoms with E-state index in [1.807, 2.05) is 0 Å². The highest BCUT2D eigenvalue weighted by molar-refractivity contribution is 5.32. The quantitative estimate of drug-likeness (QED) is 0.503. The molecule has 0 heterocycles. The standard InChI is InChI=1S/C23H33N/c1-19(2)24(20(3)4)18-12-11-17-23(21-13-7-5-8-14-21)22-15-9-6-10-16-22/h5-10,13-16,19-20,23H,11-12,17-18H2,1-4H3. The van der Waals surface area contributed by atoms with Gasteiger partial charge in [0.25, 0.3) is 0 Å². The molecule has 0 N–H and O–H groups in total. The molecular weight excluding hydrogens is 290 g/mol. The van der Waals surface area contributed by atoms with E-state index >= 15 is 0 Å². The molecule has 0 spiro atoms. The summed E-state index contributed by atoms with van der Waals surface area (Å²) in [6, 6.07) is 23.2. The Labute approximate surface area is 148 Å². The van der Waals surface area contributed by atoms with Gasteiger partial charge in [0.05, 0.1) is 0 Å². The van der Waals surface area contributed by atoms with Crippen LogP contribution in [0.3, 0.4) is 0 Å². The lowest BCUT2D eigenvalue weighted by Crippen LogP contribution is -2.37. The summed E-state index contributed by atoms with van der Waals surface area (Å²) in [7, 11) is 0. The van der Waals surface area contributed by atoms with Crippen LogP contribution < -0.4 is 0 Å². The van der Waals surface area contributed by atoms with Crippen LogP contribution in [0.25, 0.3) is 0 Å². The molecule has 0 aromatic heterocycles. The van der Waals surface area contributed by atoms with Gasteiger partial charge in [-0.1, -0.05) is 67.1 Å². The Morgan fingerprint density at radius 1 is 0.667 bits per heavy atom. The molecule has 0 bridgehead atoms. The van der Waals surface area contributed by atoms with Gasteiger partial charge >= 0.3 is 0 Å². The van der Waals surface area contributed by atoms with Gasteiger partial charge < -0.3 is 0 Å². The highest BCUT2D eigenvalue weighted by atomic mass is 15.2. The number of rotatable bonds is 9. The maximum atomic E-state index is 2.60. The van der Waals surface area contributed by atoms with Crippen LogP contribution in [0.5, 0.6) is 0 Å². The summed E-state index contributed by atoms with van der Waals surface area (Å²) in [5.74, 6) is 0.513. The van der Waals surface area contributed by atoms with E-state index in [1.54, 1.807) is 0 Å². The van der Waals surface area contributed by atoms with Crippen LogP contribution >= 0.6 is 0 Å². The van der Waals surface area contributed by atoms with Crippen molar-refractivity contribution >= 4 is 0 Å². The highest BCUT2D eigenvalue weighted by Crippen LogP contribution is 2.29. The van der Waals surface area contributed by atoms with Crippen LogP contribution in [-0.2, 0) is 0 Å². The van der Waals surface area contributed by atoms with Crippen molar-refractivity contribution in [3.63, 3.8) is 0 Å². The Bertz CT molecular complexity index is 512. The molecule has 2 aromatic rings. The molecule has 0 aliphatic carbocycles. The number of benzene rings is 2. The monoisotopic (exact) mass is 323 g/mol. The van der Waals surface area contributed by atoms with Crippen molar-refractivity contribution in [1.82, 2.24) is 4.90 Å². The minimum atomic E-state index is 0.513. The third kappa shape index (κ3) is 5.49. The highest BCUT2D eigenvalue weighted by Gasteiger charge is 2.15. The maximum absolute atomic E-state index is 2.60. The van der Waals surface area contributed by atoms with E-state index in [0.717, 1.165) is 0 Å². The van der Waals surface area contributed by atoms with Gasteiger partial charge in [0.1, 0.15) is 0 Å². The average molecular weight is 324 g/mol. The summed E-state index contributed by atoms with van der Waals surface area (Å²) in [5, 5.41) is 0. The fourth-order valence-corrected chi connectivity index (χ4v) is 3.65. The van der Waals surface area contributed by atoms with Crippen molar-refractivity contribution in [2.75, 3.05) is 6.54 Å². The maximum Gasteiger partial charge on any atom is 0.00893 e. The van der Waals surface area contributed by atoms with Crippen molar-refractivity contribution < 1.29 is 0 Å². The van der Waals surface area contributed by atoms with E-state index in [4.69, 9.17) is 0 Å². The first-order chi connectivity index (χ1) is 11.6. The second-order valence-electron chi connectivity index (χ2n) is 7.30. The summed E-state index contributed by atoms with van der Waals surface area (Å²) >= 11 is 0. The second kappa shape index (κ2) is 9.64. The number of hydrogen-bond donors (Lipinski definition) is 0. The topological polar surface area (TPSA) is 3.24 Å². The van der Waals surface area contributed by atoms with Gasteiger partial charge in [-0.15, -0.1) is 0 Å². The molecule has 0 aliphatic rings. The minimum Gasteiger partial charge on any atom is -0.299 e. The molecule has 0 unspecified atom stereocenters. The Kier molecular flexibility index (Phi) is 7.52. The fourth-order valence-electron chi connectivity index (χ4n) is 3.65. The molecule has 0 saturated carbocycles. The SMILES string of the molecule is CC(C)N(CCCCC(c1ccccc1)c1ccccc1)C(C)C. The molecule has 0 saturated heterocycles. The normalized spacial score (nSPS) is 11.8. The number of nitrogens with zero attached hydrogens (tertiary/aromatic N) is 1. The van der Waals surface area contributed by atoms with Gasteiger partial charge in [-0.05, 0) is 58.2 Å². The van der Waals surface area contributed by atoms with Crippen LogP contribution in [0.1, 0.15) is 64.0 Å². The first-order valence-corrected chi connectivity index (χ1v) is 9.45. The average Bonchev–Trinajstić information content (AvgIpc) is 2.59. The van der Waals surface area contributed by atoms with Crippen LogP contribution in [0.2, 0.25) is 0 Å². The van der Waals surface area contributed by atoms with Gasteiger partial charge in [0.15, 0.2) is 0 Å². The Balaban J connectivity index is 1.97. The number of hydrogen-bond acceptors (Lipinski definition) is 1. The lowest BCUT2D eigenvalue weighted by Gasteiger charge is -2.30. The Morgan fingerprint density at radius 3 is 1.54 bits per heavy atom. The molecule has 0 fully saturated rings. The minimum absolute atomic E-state index is 0.513. The van der Waals surface area contributed by atoms with Crippen LogP contribution in [-0.4, -0.2) is 23.5 Å². The van der Waals surface area contributed by atoms with Crippen LogP contribution in [0.4, 0.5) is 0 Å². The molecule has 2 rings (SSSR count). The van der Waals surface area contributed by atoms with Crippen molar-refractivity contribution in [3.05, 3.63) is 71.8 Å². The number of unbranched alkanes of at least 4 members (excludes halogenated alkanes) is 1. The van der Waals surface area contributed by atoms with E-state index in [1.165, 1.54) is 36.9 Å². The van der Waals surface area contributed by atoms with E-state index in [-0.39, 0.29) is 0 Å². The van der Waals surface area contributed by atoms with Gasteiger partial charge in [0.2, 0.25) is 0 Å². The van der Waals surface area contributed by atoms with Crippen LogP contribution in [0.15, 0.2) is 60.7 Å². The third-order valence-electron chi connectivity index (χ3n) is 4.89. The van der Waals surface area contributed by atoms with E-state index in [2.05, 4.69) is 93.3 Å². The van der Waals surface area contributed by atoms with Gasteiger partial charge in [-0.2, -0.15) is 0 Å². The van der Waals surface area contributed by atoms with Crippen molar-refractivity contribution in [1.29, 1.82) is 0 Å². The molecule has 0 amide bonds. The summed E-state index contributed by atoms with van der Waals surface area (Å²) in [6.07, 6.45) is 3.76. The Morgan fingerprint density at radius 2 is 1.12 bits per heavy atom. The smallest absolute Gasteiger partial charge is 0.00893 e. The molecule has 0 atom stereocenters. The zero-order chi connectivity index (χ0) is 17.4. The lowest BCUT2D eigenvalue weighted by molar-refractivity contribution is 0.171. The van der Waals surface area contributed by atoms with E-state index < -0.39 is 0 Å². The van der Waals surface area contributed by atoms with Crippen LogP contribution in [0, 0.1) is 0 Å². The second-order valence-corrected chi connectivity index (χ2v) is 7.30. The zero-order valence-corrected chi connectivity index (χ0v) is 15.8. The third-order valence-corrected chi connectivity index (χ3v) is 4.89. The van der Waals surface area contributed by atoms with E-state index in [9.17, 15) is 0 Å². The molecule has 24 heavy (non-hydrogen) atoms. The predicted octanol–water partition coefficient (Wildman–Crippen LogP) is 6.11. The van der Waals surface area contributed by atoms with Gasteiger partial charge in [-0.3, -0.25) is 4.90 Å². The van der Waals surface area contributed by atoms with Crippen molar-refractivity contribution in [3.8, 4) is 0 Å². The summed E-state index contributed by atoms with van der Waals surface area (Å²) in [4.78, 5) is 2.60. The molecule has 1 heteroatoms. The summed E-state index contributed by atoms with van der Waals surface area (Å²) < 4.78 is 0.